The van der Waals surface area contributed by atoms with Crippen LogP contribution >= 0.6 is 0 Å². The van der Waals surface area contributed by atoms with Crippen molar-refractivity contribution in [2.24, 2.45) is 5.92 Å². The monoisotopic (exact) mass is 315 g/mol. The van der Waals surface area contributed by atoms with Crippen molar-refractivity contribution < 1.29 is 13.2 Å². The van der Waals surface area contributed by atoms with Gasteiger partial charge in [-0.25, -0.2) is 8.42 Å². The number of carbonyl (C=O) groups excluding carboxylic acids is 1. The normalized spacial score (nSPS) is 14.6. The Morgan fingerprint density at radius 2 is 1.59 bits per heavy atom. The minimum Gasteiger partial charge on any atom is -0.294 e. The first-order chi connectivity index (χ1) is 10.5. The van der Waals surface area contributed by atoms with E-state index in [1.165, 1.54) is 12.1 Å². The fourth-order valence-electron chi connectivity index (χ4n) is 2.22. The molecule has 0 aliphatic heterocycles. The first-order valence-electron chi connectivity index (χ1n) is 7.19. The van der Waals surface area contributed by atoms with E-state index in [9.17, 15) is 13.2 Å². The van der Waals surface area contributed by atoms with Crippen molar-refractivity contribution >= 4 is 21.5 Å². The van der Waals surface area contributed by atoms with Gasteiger partial charge >= 0.3 is 0 Å². The summed E-state index contributed by atoms with van der Waals surface area (Å²) in [5, 5.41) is 0. The van der Waals surface area contributed by atoms with E-state index in [-0.39, 0.29) is 16.6 Å². The quantitative estimate of drug-likeness (QED) is 0.860. The number of aryl methyl sites for hydroxylation is 1. The lowest BCUT2D eigenvalue weighted by molar-refractivity contribution is 0.0967. The Bertz CT molecular complexity index is 789. The van der Waals surface area contributed by atoms with Gasteiger partial charge in [-0.05, 0) is 44.0 Å². The number of rotatable bonds is 5. The molecular formula is C17H17NO3S. The van der Waals surface area contributed by atoms with E-state index in [0.717, 1.165) is 18.4 Å². The predicted molar refractivity (Wildman–Crippen MR) is 85.5 cm³/mol. The maximum absolute atomic E-state index is 12.3. The second-order valence-electron chi connectivity index (χ2n) is 5.63. The molecule has 0 bridgehead atoms. The molecule has 5 heteroatoms. The largest absolute Gasteiger partial charge is 0.294 e. The smallest absolute Gasteiger partial charge is 0.261 e. The third-order valence-electron chi connectivity index (χ3n) is 3.70. The number of ketones is 1. The Morgan fingerprint density at radius 3 is 2.14 bits per heavy atom. The van der Waals surface area contributed by atoms with E-state index in [1.807, 2.05) is 19.1 Å². The first kappa shape index (κ1) is 14.8. The highest BCUT2D eigenvalue weighted by Crippen LogP contribution is 2.32. The Morgan fingerprint density at radius 1 is 1.00 bits per heavy atom. The molecule has 3 rings (SSSR count). The van der Waals surface area contributed by atoms with Gasteiger partial charge in [-0.3, -0.25) is 9.52 Å². The SMILES string of the molecule is Cc1ccc(NS(=O)(=O)c2ccc(C(=O)C3CC3)cc2)cc1. The Balaban J connectivity index is 1.79. The highest BCUT2D eigenvalue weighted by Gasteiger charge is 2.30. The molecule has 1 aliphatic carbocycles. The number of hydrogen-bond donors (Lipinski definition) is 1. The molecule has 2 aromatic carbocycles. The van der Waals surface area contributed by atoms with E-state index in [1.54, 1.807) is 24.3 Å². The zero-order chi connectivity index (χ0) is 15.7. The molecule has 0 amide bonds. The molecule has 1 fully saturated rings. The van der Waals surface area contributed by atoms with Gasteiger partial charge in [-0.15, -0.1) is 0 Å². The molecular weight excluding hydrogens is 298 g/mol. The fraction of sp³-hybridized carbons (Fsp3) is 0.235. The van der Waals surface area contributed by atoms with Crippen LogP contribution in [-0.4, -0.2) is 14.2 Å². The Labute approximate surface area is 130 Å². The molecule has 0 heterocycles. The van der Waals surface area contributed by atoms with Crippen LogP contribution < -0.4 is 4.72 Å². The van der Waals surface area contributed by atoms with Crippen LogP contribution in [0.1, 0.15) is 28.8 Å². The van der Waals surface area contributed by atoms with Gasteiger partial charge < -0.3 is 0 Å². The molecule has 4 nitrogen and oxygen atoms in total. The zero-order valence-corrected chi connectivity index (χ0v) is 13.1. The predicted octanol–water partition coefficient (Wildman–Crippen LogP) is 3.39. The van der Waals surface area contributed by atoms with E-state index in [4.69, 9.17) is 0 Å². The van der Waals surface area contributed by atoms with E-state index in [0.29, 0.717) is 11.3 Å². The van der Waals surface area contributed by atoms with Gasteiger partial charge in [-0.1, -0.05) is 29.8 Å². The molecule has 22 heavy (non-hydrogen) atoms. The van der Waals surface area contributed by atoms with E-state index >= 15 is 0 Å². The maximum Gasteiger partial charge on any atom is 0.261 e. The summed E-state index contributed by atoms with van der Waals surface area (Å²) in [5.74, 6) is 0.239. The molecule has 1 saturated carbocycles. The van der Waals surface area contributed by atoms with Crippen LogP contribution in [-0.2, 0) is 10.0 Å². The van der Waals surface area contributed by atoms with Crippen molar-refractivity contribution in [3.8, 4) is 0 Å². The van der Waals surface area contributed by atoms with Crippen molar-refractivity contribution in [2.45, 2.75) is 24.7 Å². The molecule has 0 atom stereocenters. The summed E-state index contributed by atoms with van der Waals surface area (Å²) in [6, 6.07) is 13.3. The second kappa shape index (κ2) is 5.57. The highest BCUT2D eigenvalue weighted by molar-refractivity contribution is 7.92. The number of carbonyl (C=O) groups is 1. The minimum atomic E-state index is -3.63. The molecule has 0 saturated heterocycles. The first-order valence-corrected chi connectivity index (χ1v) is 8.68. The van der Waals surface area contributed by atoms with Crippen molar-refractivity contribution in [3.63, 3.8) is 0 Å². The fourth-order valence-corrected chi connectivity index (χ4v) is 3.27. The molecule has 114 valence electrons. The summed E-state index contributed by atoms with van der Waals surface area (Å²) >= 11 is 0. The van der Waals surface area contributed by atoms with Crippen molar-refractivity contribution in [1.29, 1.82) is 0 Å². The van der Waals surface area contributed by atoms with Crippen LogP contribution in [0.3, 0.4) is 0 Å². The number of Topliss-reactive ketones (excluding diaryl/α,β-unsaturated/α-hetero) is 1. The Kier molecular flexibility index (Phi) is 3.74. The summed E-state index contributed by atoms with van der Waals surface area (Å²) in [4.78, 5) is 12.1. The van der Waals surface area contributed by atoms with E-state index in [2.05, 4.69) is 4.72 Å². The topological polar surface area (TPSA) is 63.2 Å². The number of nitrogens with one attached hydrogen (secondary N) is 1. The van der Waals surface area contributed by atoms with Crippen LogP contribution in [0.15, 0.2) is 53.4 Å². The average Bonchev–Trinajstić information content (AvgIpc) is 3.34. The third-order valence-corrected chi connectivity index (χ3v) is 5.10. The van der Waals surface area contributed by atoms with Gasteiger partial charge in [-0.2, -0.15) is 0 Å². The number of benzene rings is 2. The molecule has 1 N–H and O–H groups in total. The number of sulfonamides is 1. The molecule has 1 aliphatic rings. The van der Waals surface area contributed by atoms with Gasteiger partial charge in [0.05, 0.1) is 4.90 Å². The molecule has 0 radical (unpaired) electrons. The molecule has 0 unspecified atom stereocenters. The summed E-state index contributed by atoms with van der Waals surface area (Å²) < 4.78 is 27.2. The van der Waals surface area contributed by atoms with Crippen LogP contribution in [0.2, 0.25) is 0 Å². The molecule has 0 aromatic heterocycles. The van der Waals surface area contributed by atoms with Crippen molar-refractivity contribution in [3.05, 3.63) is 59.7 Å². The van der Waals surface area contributed by atoms with Crippen LogP contribution in [0.4, 0.5) is 5.69 Å². The van der Waals surface area contributed by atoms with Gasteiger partial charge in [0.15, 0.2) is 5.78 Å². The molecule has 2 aromatic rings. The third kappa shape index (κ3) is 3.20. The number of anilines is 1. The Hall–Kier alpha value is -2.14. The minimum absolute atomic E-state index is 0.107. The summed E-state index contributed by atoms with van der Waals surface area (Å²) in [5.41, 5.74) is 2.16. The van der Waals surface area contributed by atoms with Gasteiger partial charge in [0, 0.05) is 17.2 Å². The number of hydrogen-bond acceptors (Lipinski definition) is 3. The highest BCUT2D eigenvalue weighted by atomic mass is 32.2. The lowest BCUT2D eigenvalue weighted by Crippen LogP contribution is -2.13. The van der Waals surface area contributed by atoms with E-state index < -0.39 is 10.0 Å². The molecule has 0 spiro atoms. The van der Waals surface area contributed by atoms with Crippen molar-refractivity contribution in [1.82, 2.24) is 0 Å². The standard InChI is InChI=1S/C17H17NO3S/c1-12-2-8-15(9-3-12)18-22(20,21)16-10-6-14(7-11-16)17(19)13-4-5-13/h2-3,6-11,13,18H,4-5H2,1H3. The van der Waals surface area contributed by atoms with Crippen LogP contribution in [0.25, 0.3) is 0 Å². The van der Waals surface area contributed by atoms with Gasteiger partial charge in [0.25, 0.3) is 10.0 Å². The van der Waals surface area contributed by atoms with Crippen LogP contribution in [0, 0.1) is 12.8 Å². The average molecular weight is 315 g/mol. The van der Waals surface area contributed by atoms with Gasteiger partial charge in [0.2, 0.25) is 0 Å². The maximum atomic E-state index is 12.3. The summed E-state index contributed by atoms with van der Waals surface area (Å²) in [6.07, 6.45) is 1.88. The van der Waals surface area contributed by atoms with Gasteiger partial charge in [0.1, 0.15) is 0 Å². The van der Waals surface area contributed by atoms with Crippen molar-refractivity contribution in [2.75, 3.05) is 4.72 Å². The lowest BCUT2D eigenvalue weighted by atomic mass is 10.1. The zero-order valence-electron chi connectivity index (χ0n) is 12.2. The summed E-state index contributed by atoms with van der Waals surface area (Å²) in [7, 11) is -3.63. The van der Waals surface area contributed by atoms with Crippen LogP contribution in [0.5, 0.6) is 0 Å². The lowest BCUT2D eigenvalue weighted by Gasteiger charge is -2.09. The second-order valence-corrected chi connectivity index (χ2v) is 7.32. The summed E-state index contributed by atoms with van der Waals surface area (Å²) in [6.45, 7) is 1.94.